The van der Waals surface area contributed by atoms with Crippen molar-refractivity contribution in [1.82, 2.24) is 19.4 Å². The fourth-order valence-corrected chi connectivity index (χ4v) is 5.74. The molecule has 0 amide bonds. The van der Waals surface area contributed by atoms with Crippen LogP contribution in [0.15, 0.2) is 23.1 Å². The maximum atomic E-state index is 13.4. The number of piperazine rings is 1. The van der Waals surface area contributed by atoms with Crippen LogP contribution < -0.4 is 10.0 Å². The molecule has 0 bridgehead atoms. The van der Waals surface area contributed by atoms with Crippen LogP contribution in [0.5, 0.6) is 0 Å². The molecule has 3 rings (SSSR count). The van der Waals surface area contributed by atoms with E-state index < -0.39 is 21.8 Å². The highest BCUT2D eigenvalue weighted by atomic mass is 32.2. The van der Waals surface area contributed by atoms with Crippen LogP contribution >= 0.6 is 0 Å². The quantitative estimate of drug-likeness (QED) is 0.477. The number of hydrogen-bond acceptors (Lipinski definition) is 7. The van der Waals surface area contributed by atoms with Crippen molar-refractivity contribution >= 4 is 15.7 Å². The van der Waals surface area contributed by atoms with E-state index >= 15 is 0 Å². The summed E-state index contributed by atoms with van der Waals surface area (Å²) in [6.07, 6.45) is -3.91. The van der Waals surface area contributed by atoms with Gasteiger partial charge in [-0.25, -0.2) is 13.1 Å². The van der Waals surface area contributed by atoms with E-state index in [0.29, 0.717) is 26.3 Å². The van der Waals surface area contributed by atoms with E-state index in [1.807, 2.05) is 20.8 Å². The lowest BCUT2D eigenvalue weighted by Crippen LogP contribution is -2.54. The van der Waals surface area contributed by atoms with Gasteiger partial charge >= 0.3 is 6.18 Å². The molecule has 2 aliphatic heterocycles. The van der Waals surface area contributed by atoms with Crippen molar-refractivity contribution in [3.05, 3.63) is 23.8 Å². The first-order chi connectivity index (χ1) is 16.8. The summed E-state index contributed by atoms with van der Waals surface area (Å²) >= 11 is 0. The molecule has 8 nitrogen and oxygen atoms in total. The molecule has 0 radical (unpaired) electrons. The molecule has 1 atom stereocenters. The van der Waals surface area contributed by atoms with Gasteiger partial charge in [0.2, 0.25) is 10.0 Å². The summed E-state index contributed by atoms with van der Waals surface area (Å²) in [5.74, 6) is 0. The lowest BCUT2D eigenvalue weighted by Gasteiger charge is -2.42. The second kappa shape index (κ2) is 12.0. The van der Waals surface area contributed by atoms with Crippen LogP contribution in [0.4, 0.5) is 18.9 Å². The molecule has 1 unspecified atom stereocenters. The minimum absolute atomic E-state index is 0.0837. The average Bonchev–Trinajstić information content (AvgIpc) is 2.79. The van der Waals surface area contributed by atoms with Crippen molar-refractivity contribution in [3.8, 4) is 0 Å². The molecular formula is C24H40F3N5O3S. The highest BCUT2D eigenvalue weighted by molar-refractivity contribution is 7.89. The van der Waals surface area contributed by atoms with Crippen molar-refractivity contribution in [2.45, 2.75) is 49.8 Å². The van der Waals surface area contributed by atoms with Crippen LogP contribution in [0.2, 0.25) is 0 Å². The van der Waals surface area contributed by atoms with Gasteiger partial charge in [-0.2, -0.15) is 13.2 Å². The molecule has 0 spiro atoms. The van der Waals surface area contributed by atoms with Gasteiger partial charge in [0, 0.05) is 63.9 Å². The highest BCUT2D eigenvalue weighted by Gasteiger charge is 2.34. The molecule has 0 aliphatic carbocycles. The number of rotatable bonds is 10. The first-order valence-corrected chi connectivity index (χ1v) is 14.0. The summed E-state index contributed by atoms with van der Waals surface area (Å²) in [5, 5.41) is 3.15. The Morgan fingerprint density at radius 2 is 1.81 bits per heavy atom. The fourth-order valence-electron chi connectivity index (χ4n) is 4.52. The Bertz CT molecular complexity index is 966. The van der Waals surface area contributed by atoms with Gasteiger partial charge in [0.05, 0.1) is 24.5 Å². The highest BCUT2D eigenvalue weighted by Crippen LogP contribution is 2.34. The third-order valence-corrected chi connectivity index (χ3v) is 8.47. The molecule has 36 heavy (non-hydrogen) atoms. The van der Waals surface area contributed by atoms with Gasteiger partial charge < -0.3 is 19.9 Å². The zero-order chi connectivity index (χ0) is 26.6. The Hall–Kier alpha value is -1.44. The van der Waals surface area contributed by atoms with Gasteiger partial charge in [0.15, 0.2) is 0 Å². The summed E-state index contributed by atoms with van der Waals surface area (Å²) in [4.78, 5) is 6.34. The number of nitrogens with one attached hydrogen (secondary N) is 2. The van der Waals surface area contributed by atoms with E-state index in [2.05, 4.69) is 31.8 Å². The largest absolute Gasteiger partial charge is 0.416 e. The number of ether oxygens (including phenoxy) is 1. The average molecular weight is 536 g/mol. The number of benzene rings is 1. The van der Waals surface area contributed by atoms with Gasteiger partial charge in [-0.1, -0.05) is 0 Å². The van der Waals surface area contributed by atoms with Gasteiger partial charge in [0.25, 0.3) is 0 Å². The number of sulfonamides is 1. The molecule has 0 aromatic heterocycles. The minimum atomic E-state index is -4.65. The molecule has 2 heterocycles. The van der Waals surface area contributed by atoms with Gasteiger partial charge in [-0.15, -0.1) is 0 Å². The monoisotopic (exact) mass is 535 g/mol. The van der Waals surface area contributed by atoms with E-state index in [0.717, 1.165) is 51.3 Å². The second-order valence-electron chi connectivity index (χ2n) is 10.4. The van der Waals surface area contributed by atoms with E-state index in [9.17, 15) is 21.6 Å². The van der Waals surface area contributed by atoms with E-state index in [-0.39, 0.29) is 28.7 Å². The summed E-state index contributed by atoms with van der Waals surface area (Å²) in [6, 6.07) is 2.74. The smallest absolute Gasteiger partial charge is 0.381 e. The summed E-state index contributed by atoms with van der Waals surface area (Å²) in [7, 11) is -2.10. The predicted octanol–water partition coefficient (Wildman–Crippen LogP) is 2.53. The number of nitrogens with zero attached hydrogens (tertiary/aromatic N) is 3. The van der Waals surface area contributed by atoms with Crippen LogP contribution in [-0.2, 0) is 20.9 Å². The third kappa shape index (κ3) is 8.03. The van der Waals surface area contributed by atoms with Crippen molar-refractivity contribution in [2.24, 2.45) is 0 Å². The summed E-state index contributed by atoms with van der Waals surface area (Å²) in [6.45, 7) is 13.0. The normalized spacial score (nSPS) is 21.4. The molecule has 2 saturated heterocycles. The number of hydrogen-bond donors (Lipinski definition) is 2. The van der Waals surface area contributed by atoms with Crippen molar-refractivity contribution < 1.29 is 26.3 Å². The Kier molecular flexibility index (Phi) is 9.67. The lowest BCUT2D eigenvalue weighted by molar-refractivity contribution is -0.137. The molecule has 2 fully saturated rings. The SMILES string of the molecule is CC(CCN1CCN(C)CC1)Nc1ccc(C(F)(F)F)cc1S(=O)(=O)NCCN1CCOCC1(C)C. The number of anilines is 1. The number of alkyl halides is 3. The Morgan fingerprint density at radius 1 is 1.11 bits per heavy atom. The van der Waals surface area contributed by atoms with Crippen molar-refractivity contribution in [2.75, 3.05) is 77.9 Å². The van der Waals surface area contributed by atoms with Gasteiger partial charge in [-0.3, -0.25) is 4.90 Å². The number of halogens is 3. The zero-order valence-electron chi connectivity index (χ0n) is 21.7. The predicted molar refractivity (Wildman–Crippen MR) is 135 cm³/mol. The maximum Gasteiger partial charge on any atom is 0.416 e. The van der Waals surface area contributed by atoms with Crippen molar-refractivity contribution in [1.29, 1.82) is 0 Å². The van der Waals surface area contributed by atoms with Crippen LogP contribution in [-0.4, -0.2) is 107 Å². The molecule has 1 aromatic carbocycles. The number of likely N-dealkylation sites (N-methyl/N-ethyl adjacent to an activating group) is 1. The van der Waals surface area contributed by atoms with Crippen LogP contribution in [0.1, 0.15) is 32.8 Å². The topological polar surface area (TPSA) is 77.1 Å². The van der Waals surface area contributed by atoms with Crippen LogP contribution in [0.25, 0.3) is 0 Å². The lowest BCUT2D eigenvalue weighted by atomic mass is 10.0. The molecule has 2 aliphatic rings. The molecular weight excluding hydrogens is 495 g/mol. The van der Waals surface area contributed by atoms with Gasteiger partial charge in [-0.05, 0) is 52.4 Å². The molecule has 206 valence electrons. The maximum absolute atomic E-state index is 13.4. The standard InChI is InChI=1S/C24H40F3N5O3S/c1-19(7-9-31-13-11-30(4)12-14-31)29-21-6-5-20(24(25,26)27)17-22(21)36(33,34)28-8-10-32-15-16-35-18-23(32,2)3/h5-6,17,19,28-29H,7-16,18H2,1-4H3. The second-order valence-corrected chi connectivity index (χ2v) is 12.2. The minimum Gasteiger partial charge on any atom is -0.381 e. The summed E-state index contributed by atoms with van der Waals surface area (Å²) in [5.41, 5.74) is -1.06. The molecule has 0 saturated carbocycles. The summed E-state index contributed by atoms with van der Waals surface area (Å²) < 4.78 is 74.6. The molecule has 2 N–H and O–H groups in total. The Morgan fingerprint density at radius 3 is 2.44 bits per heavy atom. The van der Waals surface area contributed by atoms with E-state index in [1.165, 1.54) is 6.07 Å². The van der Waals surface area contributed by atoms with E-state index in [4.69, 9.17) is 4.74 Å². The molecule has 1 aromatic rings. The first kappa shape index (κ1) is 29.1. The third-order valence-electron chi connectivity index (χ3n) is 6.97. The number of morpholine rings is 1. The van der Waals surface area contributed by atoms with Gasteiger partial charge in [0.1, 0.15) is 4.90 Å². The van der Waals surface area contributed by atoms with Crippen LogP contribution in [0, 0.1) is 0 Å². The van der Waals surface area contributed by atoms with Crippen molar-refractivity contribution in [3.63, 3.8) is 0 Å². The Balaban J connectivity index is 1.69. The first-order valence-electron chi connectivity index (χ1n) is 12.5. The fraction of sp³-hybridized carbons (Fsp3) is 0.750. The van der Waals surface area contributed by atoms with E-state index in [1.54, 1.807) is 0 Å². The van der Waals surface area contributed by atoms with Crippen LogP contribution in [0.3, 0.4) is 0 Å². The zero-order valence-corrected chi connectivity index (χ0v) is 22.5. The molecule has 12 heteroatoms. The Labute approximate surface area is 213 Å².